The summed E-state index contributed by atoms with van der Waals surface area (Å²) in [7, 11) is 0. The average molecular weight is 522 g/mol. The van der Waals surface area contributed by atoms with Gasteiger partial charge < -0.3 is 21.3 Å². The van der Waals surface area contributed by atoms with Crippen molar-refractivity contribution in [1.29, 1.82) is 0 Å². The Balaban J connectivity index is 1.39. The molecule has 0 aromatic carbocycles. The molecule has 0 radical (unpaired) electrons. The van der Waals surface area contributed by atoms with Crippen molar-refractivity contribution < 1.29 is 14.4 Å². The molecule has 2 aliphatic heterocycles. The molecule has 2 aromatic heterocycles. The largest absolute Gasteiger partial charge is 0.368 e. The van der Waals surface area contributed by atoms with E-state index in [1.165, 1.54) is 17.8 Å². The number of carbonyl (C=O) groups excluding carboxylic acids is 3. The minimum Gasteiger partial charge on any atom is -0.368 e. The van der Waals surface area contributed by atoms with Crippen LogP contribution in [0.1, 0.15) is 50.3 Å². The van der Waals surface area contributed by atoms with Crippen molar-refractivity contribution in [2.24, 2.45) is 0 Å². The summed E-state index contributed by atoms with van der Waals surface area (Å²) in [6.07, 6.45) is 7.08. The van der Waals surface area contributed by atoms with Gasteiger partial charge in [0, 0.05) is 29.9 Å². The lowest BCUT2D eigenvalue weighted by Crippen LogP contribution is -2.53. The first-order chi connectivity index (χ1) is 17.8. The molecule has 194 valence electrons. The summed E-state index contributed by atoms with van der Waals surface area (Å²) < 4.78 is 0. The molecule has 5 rings (SSSR count). The molecule has 1 aliphatic carbocycles. The van der Waals surface area contributed by atoms with Gasteiger partial charge >= 0.3 is 6.03 Å². The fourth-order valence-electron chi connectivity index (χ4n) is 5.23. The van der Waals surface area contributed by atoms with E-state index >= 15 is 0 Å². The molecule has 0 bridgehead atoms. The number of carbonyl (C=O) groups is 3. The third-order valence-electron chi connectivity index (χ3n) is 6.88. The first kappa shape index (κ1) is 25.1. The molecule has 4 atom stereocenters. The van der Waals surface area contributed by atoms with E-state index in [2.05, 4.69) is 37.8 Å². The van der Waals surface area contributed by atoms with Gasteiger partial charge in [0.25, 0.3) is 0 Å². The lowest BCUT2D eigenvalue weighted by molar-refractivity contribution is -0.122. The summed E-state index contributed by atoms with van der Waals surface area (Å²) in [5.74, 6) is 0.313. The number of anilines is 3. The Morgan fingerprint density at radius 2 is 1.97 bits per heavy atom. The highest BCUT2D eigenvalue weighted by Crippen LogP contribution is 2.51. The highest BCUT2D eigenvalue weighted by Gasteiger charge is 2.47. The van der Waals surface area contributed by atoms with Crippen molar-refractivity contribution in [3.05, 3.63) is 48.3 Å². The molecule has 10 nitrogen and oxygen atoms in total. The summed E-state index contributed by atoms with van der Waals surface area (Å²) >= 11 is 1.35. The number of nitrogens with one attached hydrogen (secondary N) is 4. The monoisotopic (exact) mass is 521 g/mol. The topological polar surface area (TPSA) is 128 Å². The van der Waals surface area contributed by atoms with Gasteiger partial charge in [-0.05, 0) is 63.8 Å². The predicted molar refractivity (Wildman–Crippen MR) is 143 cm³/mol. The maximum Gasteiger partial charge on any atom is 0.327 e. The van der Waals surface area contributed by atoms with Crippen LogP contribution in [0.3, 0.4) is 0 Å². The van der Waals surface area contributed by atoms with Crippen molar-refractivity contribution >= 4 is 46.8 Å². The van der Waals surface area contributed by atoms with Crippen LogP contribution in [0.5, 0.6) is 0 Å². The van der Waals surface area contributed by atoms with Crippen LogP contribution in [0.15, 0.2) is 42.2 Å². The maximum atomic E-state index is 13.4. The van der Waals surface area contributed by atoms with Gasteiger partial charge in [-0.15, -0.1) is 0 Å². The zero-order valence-corrected chi connectivity index (χ0v) is 21.9. The minimum atomic E-state index is -0.567. The van der Waals surface area contributed by atoms with Crippen LogP contribution in [0.4, 0.5) is 22.0 Å². The zero-order valence-electron chi connectivity index (χ0n) is 21.1. The van der Waals surface area contributed by atoms with Crippen LogP contribution in [0, 0.1) is 6.92 Å². The number of urea groups is 1. The molecule has 0 saturated heterocycles. The Bertz CT molecular complexity index is 1270. The molecule has 11 heteroatoms. The van der Waals surface area contributed by atoms with Gasteiger partial charge in [-0.25, -0.2) is 14.8 Å². The van der Waals surface area contributed by atoms with E-state index in [4.69, 9.17) is 0 Å². The fourth-order valence-corrected chi connectivity index (χ4v) is 6.47. The molecule has 1 saturated carbocycles. The Kier molecular flexibility index (Phi) is 6.80. The van der Waals surface area contributed by atoms with Crippen LogP contribution < -0.4 is 26.2 Å². The number of rotatable bonds is 7. The van der Waals surface area contributed by atoms with Gasteiger partial charge in [-0.3, -0.25) is 14.5 Å². The van der Waals surface area contributed by atoms with E-state index in [9.17, 15) is 14.4 Å². The Labute approximate surface area is 220 Å². The van der Waals surface area contributed by atoms with Gasteiger partial charge in [-0.1, -0.05) is 18.3 Å². The second-order valence-electron chi connectivity index (χ2n) is 9.87. The van der Waals surface area contributed by atoms with Crippen molar-refractivity contribution in [2.45, 2.75) is 74.5 Å². The molecule has 1 fully saturated rings. The third kappa shape index (κ3) is 4.75. The summed E-state index contributed by atoms with van der Waals surface area (Å²) in [5.41, 5.74) is 3.10. The Morgan fingerprint density at radius 1 is 1.22 bits per heavy atom. The van der Waals surface area contributed by atoms with Crippen LogP contribution in [-0.4, -0.2) is 51.2 Å². The van der Waals surface area contributed by atoms with Gasteiger partial charge in [0.15, 0.2) is 0 Å². The first-order valence-corrected chi connectivity index (χ1v) is 13.4. The molecular formula is C26H31N7O3S. The minimum absolute atomic E-state index is 0.142. The molecule has 4 heterocycles. The van der Waals surface area contributed by atoms with E-state index in [1.54, 1.807) is 17.3 Å². The Hall–Kier alpha value is -3.60. The molecule has 2 unspecified atom stereocenters. The number of aromatic nitrogens is 2. The van der Waals surface area contributed by atoms with E-state index < -0.39 is 11.3 Å². The highest BCUT2D eigenvalue weighted by molar-refractivity contribution is 8.01. The standard InChI is InChI=1S/C26H31N7O3S/c1-5-20(34)30-15-7-6-8-16(15)31-24(35)23-22-21-17(9-10-27-25(21)37-23)33(26(36)32-22)18-12-28-19(11-14(18)4)29-13(2)3/h5,9-13,15-16,22-23H,1,6-8H2,2-4H3,(H,28,29)(H,30,34)(H,31,35)(H,32,36)/t15-,16+,22?,23?/m0/s1. The lowest BCUT2D eigenvalue weighted by Gasteiger charge is -2.35. The number of hydrogen-bond donors (Lipinski definition) is 4. The summed E-state index contributed by atoms with van der Waals surface area (Å²) in [6, 6.07) is 2.82. The van der Waals surface area contributed by atoms with Crippen LogP contribution in [-0.2, 0) is 9.59 Å². The zero-order chi connectivity index (χ0) is 26.3. The van der Waals surface area contributed by atoms with E-state index in [-0.39, 0.29) is 36.0 Å². The normalized spacial score (nSPS) is 23.9. The number of nitrogens with zero attached hydrogens (tertiary/aromatic N) is 3. The van der Waals surface area contributed by atoms with Gasteiger partial charge in [0.2, 0.25) is 11.8 Å². The third-order valence-corrected chi connectivity index (χ3v) is 8.17. The molecular weight excluding hydrogens is 490 g/mol. The second-order valence-corrected chi connectivity index (χ2v) is 11.0. The van der Waals surface area contributed by atoms with Crippen LogP contribution >= 0.6 is 11.8 Å². The van der Waals surface area contributed by atoms with Crippen LogP contribution in [0.2, 0.25) is 0 Å². The van der Waals surface area contributed by atoms with Crippen molar-refractivity contribution in [2.75, 3.05) is 10.2 Å². The van der Waals surface area contributed by atoms with E-state index in [1.807, 2.05) is 32.9 Å². The van der Waals surface area contributed by atoms with Crippen LogP contribution in [0.25, 0.3) is 0 Å². The van der Waals surface area contributed by atoms with E-state index in [0.29, 0.717) is 11.4 Å². The Morgan fingerprint density at radius 3 is 2.68 bits per heavy atom. The van der Waals surface area contributed by atoms with Crippen molar-refractivity contribution in [3.63, 3.8) is 0 Å². The maximum absolute atomic E-state index is 13.4. The quantitative estimate of drug-likeness (QED) is 0.412. The summed E-state index contributed by atoms with van der Waals surface area (Å²) in [4.78, 5) is 49.3. The fraction of sp³-hybridized carbons (Fsp3) is 0.423. The molecule has 0 spiro atoms. The molecule has 4 N–H and O–H groups in total. The molecule has 4 amide bonds. The highest BCUT2D eigenvalue weighted by atomic mass is 32.2. The first-order valence-electron chi connectivity index (χ1n) is 12.5. The average Bonchev–Trinajstić information content (AvgIpc) is 3.44. The smallest absolute Gasteiger partial charge is 0.327 e. The summed E-state index contributed by atoms with van der Waals surface area (Å²) in [6.45, 7) is 9.53. The number of thioether (sulfide) groups is 1. The second kappa shape index (κ2) is 10.0. The van der Waals surface area contributed by atoms with Gasteiger partial charge in [0.1, 0.15) is 16.1 Å². The molecule has 3 aliphatic rings. The lowest BCUT2D eigenvalue weighted by atomic mass is 9.99. The van der Waals surface area contributed by atoms with Gasteiger partial charge in [-0.2, -0.15) is 0 Å². The summed E-state index contributed by atoms with van der Waals surface area (Å²) in [5, 5.41) is 12.5. The number of pyridine rings is 2. The van der Waals surface area contributed by atoms with E-state index in [0.717, 1.165) is 41.2 Å². The SMILES string of the molecule is C=CC(=O)N[C@H]1CCC[C@H]1NC(=O)C1Sc2nccc3c2C1NC(=O)N3c1cnc(NC(C)C)cc1C. The predicted octanol–water partition coefficient (Wildman–Crippen LogP) is 3.32. The molecule has 2 aromatic rings. The molecule has 37 heavy (non-hydrogen) atoms. The van der Waals surface area contributed by atoms with Crippen molar-refractivity contribution in [3.8, 4) is 0 Å². The van der Waals surface area contributed by atoms with Gasteiger partial charge in [0.05, 0.1) is 23.6 Å². The number of aryl methyl sites for hydroxylation is 1. The van der Waals surface area contributed by atoms with Crippen molar-refractivity contribution in [1.82, 2.24) is 25.9 Å². The number of hydrogen-bond acceptors (Lipinski definition) is 7. The number of amides is 4.